The Morgan fingerprint density at radius 3 is 2.50 bits per heavy atom. The molecule has 0 bridgehead atoms. The average Bonchev–Trinajstić information content (AvgIpc) is 2.54. The van der Waals surface area contributed by atoms with Gasteiger partial charge < -0.3 is 15.2 Å². The molecule has 2 N–H and O–H groups in total. The third-order valence-electron chi connectivity index (χ3n) is 2.29. The molecule has 0 aliphatic carbocycles. The number of nitrogens with one attached hydrogen (secondary N) is 1. The number of carbonyl (C=O) groups excluding carboxylic acids is 1. The number of aryl methyl sites for hydroxylation is 1. The summed E-state index contributed by atoms with van der Waals surface area (Å²) in [5.41, 5.74) is -0.621. The van der Waals surface area contributed by atoms with Crippen LogP contribution in [0.1, 0.15) is 43.0 Å². The van der Waals surface area contributed by atoms with Gasteiger partial charge in [-0.3, -0.25) is 4.79 Å². The van der Waals surface area contributed by atoms with Crippen molar-refractivity contribution in [2.75, 3.05) is 0 Å². The van der Waals surface area contributed by atoms with E-state index in [-0.39, 0.29) is 6.42 Å². The zero-order valence-corrected chi connectivity index (χ0v) is 14.2. The molecular weight excluding hydrogens is 346 g/mol. The van der Waals surface area contributed by atoms with Crippen LogP contribution in [0.5, 0.6) is 0 Å². The van der Waals surface area contributed by atoms with E-state index < -0.39 is 23.7 Å². The van der Waals surface area contributed by atoms with Crippen LogP contribution in [0.2, 0.25) is 0 Å². The molecule has 0 spiro atoms. The third-order valence-corrected chi connectivity index (χ3v) is 4.54. The predicted molar refractivity (Wildman–Crippen MR) is 81.1 cm³/mol. The molecular formula is C13H18BrNO4S. The highest BCUT2D eigenvalue weighted by molar-refractivity contribution is 9.10. The minimum absolute atomic E-state index is 0.189. The van der Waals surface area contributed by atoms with E-state index in [0.29, 0.717) is 0 Å². The van der Waals surface area contributed by atoms with Gasteiger partial charge in [0, 0.05) is 14.2 Å². The molecule has 0 unspecified atom stereocenters. The van der Waals surface area contributed by atoms with Crippen LogP contribution in [0.25, 0.3) is 0 Å². The summed E-state index contributed by atoms with van der Waals surface area (Å²) in [4.78, 5) is 24.5. The number of carboxylic acids is 1. The lowest BCUT2D eigenvalue weighted by atomic mass is 10.1. The van der Waals surface area contributed by atoms with Gasteiger partial charge in [0.15, 0.2) is 0 Å². The number of halogens is 1. The number of carbonyl (C=O) groups is 2. The number of rotatable bonds is 4. The molecule has 0 fully saturated rings. The molecule has 0 aliphatic heterocycles. The fourth-order valence-corrected chi connectivity index (χ4v) is 3.11. The van der Waals surface area contributed by atoms with Crippen molar-refractivity contribution < 1.29 is 19.4 Å². The number of hydrogen-bond acceptors (Lipinski definition) is 4. The van der Waals surface area contributed by atoms with E-state index in [9.17, 15) is 9.59 Å². The van der Waals surface area contributed by atoms with Gasteiger partial charge in [-0.05, 0) is 49.7 Å². The van der Waals surface area contributed by atoms with Gasteiger partial charge in [-0.2, -0.15) is 0 Å². The van der Waals surface area contributed by atoms with Gasteiger partial charge in [-0.25, -0.2) is 4.79 Å². The van der Waals surface area contributed by atoms with Gasteiger partial charge >= 0.3 is 12.1 Å². The first-order valence-electron chi connectivity index (χ1n) is 6.05. The molecule has 1 aromatic rings. The smallest absolute Gasteiger partial charge is 0.408 e. The van der Waals surface area contributed by atoms with Crippen LogP contribution in [-0.2, 0) is 9.53 Å². The van der Waals surface area contributed by atoms with Crippen LogP contribution in [0, 0.1) is 6.92 Å². The molecule has 5 nitrogen and oxygen atoms in total. The fourth-order valence-electron chi connectivity index (χ4n) is 1.50. The van der Waals surface area contributed by atoms with E-state index in [1.165, 1.54) is 11.3 Å². The molecule has 0 aliphatic rings. The first kappa shape index (κ1) is 17.0. The van der Waals surface area contributed by atoms with Crippen molar-refractivity contribution in [1.29, 1.82) is 0 Å². The summed E-state index contributed by atoms with van der Waals surface area (Å²) in [6.07, 6.45) is -0.808. The number of hydrogen-bond donors (Lipinski definition) is 2. The minimum atomic E-state index is -0.978. The Bertz CT molecular complexity index is 487. The van der Waals surface area contributed by atoms with Gasteiger partial charge in [-0.15, -0.1) is 11.3 Å². The predicted octanol–water partition coefficient (Wildman–Crippen LogP) is 3.86. The van der Waals surface area contributed by atoms with E-state index >= 15 is 0 Å². The quantitative estimate of drug-likeness (QED) is 0.851. The van der Waals surface area contributed by atoms with Gasteiger partial charge in [0.2, 0.25) is 0 Å². The fraction of sp³-hybridized carbons (Fsp3) is 0.538. The van der Waals surface area contributed by atoms with Crippen LogP contribution in [-0.4, -0.2) is 22.8 Å². The van der Waals surface area contributed by atoms with Gasteiger partial charge in [0.1, 0.15) is 5.60 Å². The van der Waals surface area contributed by atoms with E-state index in [2.05, 4.69) is 21.2 Å². The van der Waals surface area contributed by atoms with Crippen LogP contribution in [0.15, 0.2) is 10.5 Å². The van der Waals surface area contributed by atoms with Crippen molar-refractivity contribution in [2.24, 2.45) is 0 Å². The molecule has 0 aromatic carbocycles. The summed E-state index contributed by atoms with van der Waals surface area (Å²) in [5.74, 6) is -0.978. The number of aliphatic carboxylic acids is 1. The summed E-state index contributed by atoms with van der Waals surface area (Å²) in [5, 5.41) is 11.6. The molecule has 20 heavy (non-hydrogen) atoms. The molecule has 1 rings (SSSR count). The maximum atomic E-state index is 11.8. The molecule has 112 valence electrons. The highest BCUT2D eigenvalue weighted by atomic mass is 79.9. The first-order valence-corrected chi connectivity index (χ1v) is 7.66. The van der Waals surface area contributed by atoms with Crippen molar-refractivity contribution in [3.8, 4) is 0 Å². The maximum Gasteiger partial charge on any atom is 0.408 e. The van der Waals surface area contributed by atoms with Crippen LogP contribution in [0.3, 0.4) is 0 Å². The Morgan fingerprint density at radius 1 is 1.50 bits per heavy atom. The number of alkyl carbamates (subject to hydrolysis) is 1. The standard InChI is InChI=1S/C13H18BrNO4S/c1-7-8(14)5-10(20-7)9(6-11(16)17)15-12(18)19-13(2,3)4/h5,9H,6H2,1-4H3,(H,15,18)(H,16,17)/t9-/m1/s1. The second-order valence-corrected chi connectivity index (χ2v) is 7.49. The Hall–Kier alpha value is -1.08. The molecule has 0 radical (unpaired) electrons. The van der Waals surface area contributed by atoms with Crippen molar-refractivity contribution in [3.05, 3.63) is 20.3 Å². The largest absolute Gasteiger partial charge is 0.481 e. The van der Waals surface area contributed by atoms with Crippen LogP contribution >= 0.6 is 27.3 Å². The number of ether oxygens (including phenoxy) is 1. The van der Waals surface area contributed by atoms with Gasteiger partial charge in [0.25, 0.3) is 0 Å². The Kier molecular flexibility index (Phi) is 5.59. The van der Waals surface area contributed by atoms with Crippen molar-refractivity contribution >= 4 is 39.3 Å². The highest BCUT2D eigenvalue weighted by Gasteiger charge is 2.24. The SMILES string of the molecule is Cc1sc([C@@H](CC(=O)O)NC(=O)OC(C)(C)C)cc1Br. The summed E-state index contributed by atoms with van der Waals surface area (Å²) in [6.45, 7) is 7.18. The topological polar surface area (TPSA) is 75.6 Å². The van der Waals surface area contributed by atoms with Gasteiger partial charge in [-0.1, -0.05) is 0 Å². The molecule has 1 aromatic heterocycles. The number of amides is 1. The van der Waals surface area contributed by atoms with E-state index in [1.807, 2.05) is 13.0 Å². The monoisotopic (exact) mass is 363 g/mol. The average molecular weight is 364 g/mol. The molecule has 1 amide bonds. The molecule has 1 atom stereocenters. The lowest BCUT2D eigenvalue weighted by Gasteiger charge is -2.22. The molecule has 0 saturated heterocycles. The lowest BCUT2D eigenvalue weighted by Crippen LogP contribution is -2.35. The van der Waals surface area contributed by atoms with Crippen molar-refractivity contribution in [3.63, 3.8) is 0 Å². The van der Waals surface area contributed by atoms with E-state index in [1.54, 1.807) is 20.8 Å². The second kappa shape index (κ2) is 6.58. The molecule has 0 saturated carbocycles. The number of carboxylic acid groups (broad SMARTS) is 1. The molecule has 7 heteroatoms. The zero-order chi connectivity index (χ0) is 15.5. The Labute approximate surface area is 130 Å². The first-order chi connectivity index (χ1) is 9.08. The number of thiophene rings is 1. The maximum absolute atomic E-state index is 11.8. The summed E-state index contributed by atoms with van der Waals surface area (Å²) < 4.78 is 6.06. The minimum Gasteiger partial charge on any atom is -0.481 e. The van der Waals surface area contributed by atoms with E-state index in [4.69, 9.17) is 9.84 Å². The summed E-state index contributed by atoms with van der Waals surface area (Å²) >= 11 is 4.83. The van der Waals surface area contributed by atoms with E-state index in [0.717, 1.165) is 14.2 Å². The Morgan fingerprint density at radius 2 is 2.10 bits per heavy atom. The zero-order valence-electron chi connectivity index (χ0n) is 11.8. The molecule has 1 heterocycles. The summed E-state index contributed by atoms with van der Waals surface area (Å²) in [6, 6.07) is 1.22. The lowest BCUT2D eigenvalue weighted by molar-refractivity contribution is -0.137. The van der Waals surface area contributed by atoms with Crippen LogP contribution < -0.4 is 5.32 Å². The third kappa shape index (κ3) is 5.50. The Balaban J connectivity index is 2.85. The highest BCUT2D eigenvalue weighted by Crippen LogP contribution is 2.32. The summed E-state index contributed by atoms with van der Waals surface area (Å²) in [7, 11) is 0. The van der Waals surface area contributed by atoms with Crippen molar-refractivity contribution in [1.82, 2.24) is 5.32 Å². The van der Waals surface area contributed by atoms with Crippen molar-refractivity contribution in [2.45, 2.75) is 45.8 Å². The van der Waals surface area contributed by atoms with Crippen LogP contribution in [0.4, 0.5) is 4.79 Å². The second-order valence-electron chi connectivity index (χ2n) is 5.35. The van der Waals surface area contributed by atoms with Gasteiger partial charge in [0.05, 0.1) is 12.5 Å². The normalized spacial score (nSPS) is 12.8.